The zero-order valence-corrected chi connectivity index (χ0v) is 19.2. The van der Waals surface area contributed by atoms with Crippen molar-refractivity contribution in [3.8, 4) is 22.9 Å². The van der Waals surface area contributed by atoms with Gasteiger partial charge >= 0.3 is 5.97 Å². The maximum absolute atomic E-state index is 13.3. The van der Waals surface area contributed by atoms with E-state index in [0.717, 1.165) is 40.8 Å². The fourth-order valence-corrected chi connectivity index (χ4v) is 5.73. The molecule has 0 saturated heterocycles. The van der Waals surface area contributed by atoms with E-state index in [0.29, 0.717) is 35.0 Å². The predicted molar refractivity (Wildman–Crippen MR) is 124 cm³/mol. The summed E-state index contributed by atoms with van der Waals surface area (Å²) in [6.45, 7) is 4.50. The zero-order valence-electron chi connectivity index (χ0n) is 19.2. The summed E-state index contributed by atoms with van der Waals surface area (Å²) in [5, 5.41) is 11.4. The van der Waals surface area contributed by atoms with Gasteiger partial charge in [0.1, 0.15) is 6.61 Å². The van der Waals surface area contributed by atoms with E-state index in [1.807, 2.05) is 26.0 Å². The van der Waals surface area contributed by atoms with Gasteiger partial charge in [0, 0.05) is 22.6 Å². The van der Waals surface area contributed by atoms with E-state index in [9.17, 15) is 14.7 Å². The first-order valence-corrected chi connectivity index (χ1v) is 12.0. The first-order chi connectivity index (χ1) is 16.6. The molecule has 0 amide bonds. The van der Waals surface area contributed by atoms with Crippen LogP contribution in [0.5, 0.6) is 11.5 Å². The van der Waals surface area contributed by atoms with Gasteiger partial charge in [0.05, 0.1) is 29.0 Å². The minimum absolute atomic E-state index is 0.118. The lowest BCUT2D eigenvalue weighted by atomic mass is 9.88. The van der Waals surface area contributed by atoms with Crippen molar-refractivity contribution in [2.75, 3.05) is 6.79 Å². The molecule has 7 rings (SSSR count). The number of carbonyl (C=O) groups is 1. The molecule has 1 aromatic carbocycles. The van der Waals surface area contributed by atoms with Crippen LogP contribution < -0.4 is 15.0 Å². The van der Waals surface area contributed by atoms with E-state index in [1.54, 1.807) is 10.6 Å². The number of rotatable bonds is 1. The number of nitrogens with zero attached hydrogens (tertiary/aromatic N) is 2. The minimum Gasteiger partial charge on any atom is -0.458 e. The molecule has 5 heterocycles. The third-order valence-corrected chi connectivity index (χ3v) is 7.26. The third-order valence-electron chi connectivity index (χ3n) is 7.26. The Labute approximate surface area is 196 Å². The highest BCUT2D eigenvalue weighted by molar-refractivity contribution is 5.91. The lowest BCUT2D eigenvalue weighted by Gasteiger charge is -2.21. The minimum atomic E-state index is -1.45. The Kier molecular flexibility index (Phi) is 4.88. The fourth-order valence-electron chi connectivity index (χ4n) is 5.73. The molecule has 3 aromatic rings. The molecular weight excluding hydrogens is 436 g/mol. The van der Waals surface area contributed by atoms with E-state index in [-0.39, 0.29) is 19.0 Å². The predicted octanol–water partition coefficient (Wildman–Crippen LogP) is 3.93. The largest absolute Gasteiger partial charge is 0.458 e. The summed E-state index contributed by atoms with van der Waals surface area (Å²) < 4.78 is 17.9. The summed E-state index contributed by atoms with van der Waals surface area (Å²) in [6.07, 6.45) is 3.11. The van der Waals surface area contributed by atoms with Gasteiger partial charge in [-0.1, -0.05) is 26.7 Å². The summed E-state index contributed by atoms with van der Waals surface area (Å²) in [7, 11) is 0. The third kappa shape index (κ3) is 2.91. The van der Waals surface area contributed by atoms with Crippen molar-refractivity contribution in [3.05, 3.63) is 50.8 Å². The van der Waals surface area contributed by atoms with Crippen LogP contribution in [-0.2, 0) is 22.7 Å². The Balaban J connectivity index is 0.00000106. The number of cyclic esters (lactones) is 1. The number of ether oxygens (including phenoxy) is 3. The molecule has 1 atom stereocenters. The number of aliphatic hydroxyl groups excluding tert-OH is 1. The Bertz CT molecular complexity index is 1400. The summed E-state index contributed by atoms with van der Waals surface area (Å²) in [5.74, 6) is 1.05. The number of benzene rings is 1. The van der Waals surface area contributed by atoms with Crippen molar-refractivity contribution >= 4 is 16.9 Å². The molecule has 1 unspecified atom stereocenters. The van der Waals surface area contributed by atoms with Crippen LogP contribution in [0, 0.1) is 0 Å². The lowest BCUT2D eigenvalue weighted by Crippen LogP contribution is -2.32. The summed E-state index contributed by atoms with van der Waals surface area (Å²) >= 11 is 0. The monoisotopic (exact) mass is 462 g/mol. The van der Waals surface area contributed by atoms with Gasteiger partial charge < -0.3 is 23.9 Å². The first kappa shape index (κ1) is 21.2. The van der Waals surface area contributed by atoms with Crippen molar-refractivity contribution in [2.24, 2.45) is 0 Å². The van der Waals surface area contributed by atoms with Crippen LogP contribution in [0.1, 0.15) is 73.8 Å². The number of carbonyl (C=O) groups excluding carboxylic acids is 1. The smallest absolute Gasteiger partial charge is 0.340 e. The maximum Gasteiger partial charge on any atom is 0.340 e. The van der Waals surface area contributed by atoms with Crippen LogP contribution in [-0.4, -0.2) is 27.4 Å². The van der Waals surface area contributed by atoms with Gasteiger partial charge in [-0.25, -0.2) is 9.78 Å². The molecule has 0 bridgehead atoms. The van der Waals surface area contributed by atoms with Crippen LogP contribution in [0.4, 0.5) is 0 Å². The van der Waals surface area contributed by atoms with Crippen molar-refractivity contribution in [1.29, 1.82) is 0 Å². The van der Waals surface area contributed by atoms with Crippen molar-refractivity contribution < 1.29 is 24.1 Å². The van der Waals surface area contributed by atoms with E-state index >= 15 is 0 Å². The van der Waals surface area contributed by atoms with Crippen LogP contribution in [0.2, 0.25) is 0 Å². The fraction of sp³-hybridized carbons (Fsp3) is 0.423. The number of aliphatic hydroxyl groups is 1. The van der Waals surface area contributed by atoms with Crippen molar-refractivity contribution in [3.63, 3.8) is 0 Å². The van der Waals surface area contributed by atoms with Gasteiger partial charge in [-0.3, -0.25) is 4.79 Å². The van der Waals surface area contributed by atoms with Crippen molar-refractivity contribution in [1.82, 2.24) is 9.55 Å². The second-order valence-corrected chi connectivity index (χ2v) is 8.92. The molecule has 1 saturated carbocycles. The number of pyridine rings is 2. The van der Waals surface area contributed by atoms with Gasteiger partial charge in [-0.2, -0.15) is 0 Å². The molecule has 176 valence electrons. The molecule has 34 heavy (non-hydrogen) atoms. The van der Waals surface area contributed by atoms with Gasteiger partial charge in [-0.15, -0.1) is 0 Å². The highest BCUT2D eigenvalue weighted by Gasteiger charge is 2.36. The van der Waals surface area contributed by atoms with Crippen LogP contribution in [0.3, 0.4) is 0 Å². The van der Waals surface area contributed by atoms with E-state index in [2.05, 4.69) is 0 Å². The highest BCUT2D eigenvalue weighted by Crippen LogP contribution is 2.47. The Hall–Kier alpha value is -3.39. The van der Waals surface area contributed by atoms with Crippen molar-refractivity contribution in [2.45, 2.75) is 64.7 Å². The first-order valence-electron chi connectivity index (χ1n) is 12.0. The molecule has 0 radical (unpaired) electrons. The number of aromatic nitrogens is 2. The molecule has 0 spiro atoms. The number of fused-ring (bicyclic) bond motifs is 6. The van der Waals surface area contributed by atoms with Crippen LogP contribution >= 0.6 is 0 Å². The Morgan fingerprint density at radius 3 is 2.50 bits per heavy atom. The number of esters is 1. The summed E-state index contributed by atoms with van der Waals surface area (Å²) in [4.78, 5) is 30.2. The molecule has 1 fully saturated rings. The molecule has 1 N–H and O–H groups in total. The molecule has 4 aliphatic rings. The van der Waals surface area contributed by atoms with Gasteiger partial charge in [-0.05, 0) is 36.5 Å². The van der Waals surface area contributed by atoms with Gasteiger partial charge in [0.15, 0.2) is 17.6 Å². The topological polar surface area (TPSA) is 99.9 Å². The van der Waals surface area contributed by atoms with Crippen LogP contribution in [0.25, 0.3) is 22.3 Å². The quantitative estimate of drug-likeness (QED) is 0.428. The van der Waals surface area contributed by atoms with E-state index in [1.165, 1.54) is 18.4 Å². The maximum atomic E-state index is 13.3. The molecule has 8 heteroatoms. The highest BCUT2D eigenvalue weighted by atomic mass is 16.7. The van der Waals surface area contributed by atoms with E-state index < -0.39 is 12.1 Å². The Morgan fingerprint density at radius 2 is 1.74 bits per heavy atom. The van der Waals surface area contributed by atoms with Gasteiger partial charge in [0.2, 0.25) is 6.79 Å². The molecule has 3 aliphatic heterocycles. The second kappa shape index (κ2) is 7.84. The van der Waals surface area contributed by atoms with E-state index in [4.69, 9.17) is 19.2 Å². The molecular formula is C26H26N2O6. The number of hydrogen-bond donors (Lipinski definition) is 1. The SMILES string of the molecule is CC.O=C1OCc2c(cc3n(c2=O)Cc2c-3nc3cc4c(cc3c2C2CCCC2)OCO4)C1O. The molecule has 1 aliphatic carbocycles. The lowest BCUT2D eigenvalue weighted by molar-refractivity contribution is -0.157. The summed E-state index contributed by atoms with van der Waals surface area (Å²) in [5.41, 5.74) is 4.87. The van der Waals surface area contributed by atoms with Crippen LogP contribution in [0.15, 0.2) is 23.0 Å². The summed E-state index contributed by atoms with van der Waals surface area (Å²) in [6, 6.07) is 5.66. The second-order valence-electron chi connectivity index (χ2n) is 8.92. The average molecular weight is 463 g/mol. The number of hydrogen-bond acceptors (Lipinski definition) is 7. The zero-order chi connectivity index (χ0) is 23.6. The normalized spacial score (nSPS) is 19.9. The molecule has 2 aromatic heterocycles. The average Bonchev–Trinajstić information content (AvgIpc) is 3.61. The molecule has 8 nitrogen and oxygen atoms in total. The standard InChI is InChI=1S/C24H20N2O6.C2H6/c27-22-12-5-17-21-14(8-26(17)23(28)15(12)9-30-24(22)29)20(11-3-1-2-4-11)13-6-18-19(32-10-31-18)7-16(13)25-21;1-2/h5-7,11,22,27H,1-4,8-10H2;1-2H3. The van der Waals surface area contributed by atoms with Gasteiger partial charge in [0.25, 0.3) is 5.56 Å². The Morgan fingerprint density at radius 1 is 1.00 bits per heavy atom.